The van der Waals surface area contributed by atoms with E-state index >= 15 is 0 Å². The molecule has 2 heterocycles. The summed E-state index contributed by atoms with van der Waals surface area (Å²) in [6.07, 6.45) is 1.21. The van der Waals surface area contributed by atoms with Crippen LogP contribution in [0.5, 0.6) is 0 Å². The van der Waals surface area contributed by atoms with Crippen molar-refractivity contribution in [1.29, 1.82) is 0 Å². The van der Waals surface area contributed by atoms with E-state index in [1.807, 2.05) is 31.3 Å². The summed E-state index contributed by atoms with van der Waals surface area (Å²) in [7, 11) is 0. The highest BCUT2D eigenvalue weighted by molar-refractivity contribution is 5.79. The van der Waals surface area contributed by atoms with Crippen molar-refractivity contribution in [3.05, 3.63) is 59.3 Å². The van der Waals surface area contributed by atoms with Crippen LogP contribution in [0, 0.1) is 0 Å². The molecule has 0 bridgehead atoms. The third-order valence-corrected chi connectivity index (χ3v) is 5.55. The smallest absolute Gasteiger partial charge is 0.191 e. The predicted octanol–water partition coefficient (Wildman–Crippen LogP) is 3.00. The van der Waals surface area contributed by atoms with E-state index in [4.69, 9.17) is 9.73 Å². The van der Waals surface area contributed by atoms with Crippen LogP contribution in [-0.4, -0.2) is 55.4 Å². The Kier molecular flexibility index (Phi) is 8.47. The summed E-state index contributed by atoms with van der Waals surface area (Å²) >= 11 is 0. The molecule has 2 aromatic rings. The second kappa shape index (κ2) is 11.3. The number of guanidine groups is 1. The molecular weight excluding hydrogens is 402 g/mol. The maximum Gasteiger partial charge on any atom is 0.191 e. The summed E-state index contributed by atoms with van der Waals surface area (Å²) < 4.78 is 5.46. The van der Waals surface area contributed by atoms with Crippen molar-refractivity contribution in [3.8, 4) is 0 Å². The van der Waals surface area contributed by atoms with E-state index in [2.05, 4.69) is 59.5 Å². The molecule has 3 N–H and O–H groups in total. The highest BCUT2D eigenvalue weighted by atomic mass is 16.5. The summed E-state index contributed by atoms with van der Waals surface area (Å²) in [5.41, 5.74) is 3.32. The van der Waals surface area contributed by atoms with E-state index in [1.54, 1.807) is 0 Å². The first-order valence-electron chi connectivity index (χ1n) is 11.5. The molecule has 7 heteroatoms. The molecule has 3 rings (SSSR count). The van der Waals surface area contributed by atoms with Gasteiger partial charge in [-0.25, -0.2) is 9.98 Å². The second-order valence-electron chi connectivity index (χ2n) is 9.05. The highest BCUT2D eigenvalue weighted by Gasteiger charge is 2.17. The van der Waals surface area contributed by atoms with Crippen LogP contribution in [0.2, 0.25) is 0 Å². The number of morpholine rings is 1. The molecule has 0 aliphatic carbocycles. The zero-order valence-corrected chi connectivity index (χ0v) is 19.8. The van der Waals surface area contributed by atoms with E-state index in [0.29, 0.717) is 19.0 Å². The van der Waals surface area contributed by atoms with Gasteiger partial charge in [0.15, 0.2) is 5.96 Å². The Morgan fingerprint density at radius 1 is 1.16 bits per heavy atom. The van der Waals surface area contributed by atoms with E-state index in [0.717, 1.165) is 49.8 Å². The summed E-state index contributed by atoms with van der Waals surface area (Å²) in [5, 5.41) is 17.2. The van der Waals surface area contributed by atoms with Crippen molar-refractivity contribution in [2.45, 2.75) is 45.8 Å². The summed E-state index contributed by atoms with van der Waals surface area (Å²) in [6, 6.07) is 12.2. The lowest BCUT2D eigenvalue weighted by Gasteiger charge is -2.29. The number of nitrogens with one attached hydrogen (secondary N) is 2. The fourth-order valence-corrected chi connectivity index (χ4v) is 3.64. The van der Waals surface area contributed by atoms with Gasteiger partial charge in [-0.2, -0.15) is 0 Å². The molecule has 1 atom stereocenters. The molecule has 1 saturated heterocycles. The zero-order chi connectivity index (χ0) is 23.0. The normalized spacial score (nSPS) is 16.0. The number of aliphatic imine (C=N–C) groups is 1. The Bertz CT molecular complexity index is 871. The van der Waals surface area contributed by atoms with Crippen molar-refractivity contribution in [2.24, 2.45) is 4.99 Å². The molecule has 1 aliphatic rings. The minimum absolute atomic E-state index is 0.0962. The minimum Gasteiger partial charge on any atom is -0.387 e. The van der Waals surface area contributed by atoms with Crippen LogP contribution in [0.25, 0.3) is 0 Å². The number of rotatable bonds is 7. The summed E-state index contributed by atoms with van der Waals surface area (Å²) in [6.45, 7) is 13.3. The maximum absolute atomic E-state index is 10.7. The number of aliphatic hydroxyl groups excluding tert-OH is 1. The lowest BCUT2D eigenvalue weighted by Crippen LogP contribution is -2.39. The van der Waals surface area contributed by atoms with Crippen LogP contribution in [0.15, 0.2) is 47.6 Å². The van der Waals surface area contributed by atoms with Crippen molar-refractivity contribution in [1.82, 2.24) is 15.6 Å². The van der Waals surface area contributed by atoms with Gasteiger partial charge in [-0.3, -0.25) is 0 Å². The van der Waals surface area contributed by atoms with E-state index in [1.165, 1.54) is 5.56 Å². The standard InChI is InChI=1S/C25H37N5O2/c1-5-26-24(29-18-22(31)19-8-10-21(11-9-19)25(2,3)4)28-17-20-7-6-12-27-23(20)30-13-15-32-16-14-30/h6-12,22,31H,5,13-18H2,1-4H3,(H2,26,28,29). The van der Waals surface area contributed by atoms with Gasteiger partial charge in [0.1, 0.15) is 5.82 Å². The number of hydrogen-bond acceptors (Lipinski definition) is 5. The van der Waals surface area contributed by atoms with Crippen LogP contribution in [0.1, 0.15) is 50.5 Å². The number of pyridine rings is 1. The van der Waals surface area contributed by atoms with Gasteiger partial charge in [0.2, 0.25) is 0 Å². The first kappa shape index (κ1) is 24.0. The number of aromatic nitrogens is 1. The maximum atomic E-state index is 10.7. The number of hydrogen-bond donors (Lipinski definition) is 3. The van der Waals surface area contributed by atoms with Gasteiger partial charge in [0, 0.05) is 37.9 Å². The van der Waals surface area contributed by atoms with Crippen LogP contribution in [0.3, 0.4) is 0 Å². The fourth-order valence-electron chi connectivity index (χ4n) is 3.64. The van der Waals surface area contributed by atoms with Gasteiger partial charge in [-0.15, -0.1) is 0 Å². The Morgan fingerprint density at radius 2 is 1.88 bits per heavy atom. The lowest BCUT2D eigenvalue weighted by molar-refractivity contribution is 0.122. The number of aliphatic hydroxyl groups is 1. The molecule has 1 fully saturated rings. The topological polar surface area (TPSA) is 82.0 Å². The molecule has 0 spiro atoms. The van der Waals surface area contributed by atoms with Gasteiger partial charge in [-0.05, 0) is 29.5 Å². The molecule has 0 amide bonds. The summed E-state index contributed by atoms with van der Waals surface area (Å²) in [5.74, 6) is 1.64. The second-order valence-corrected chi connectivity index (χ2v) is 9.05. The number of ether oxygens (including phenoxy) is 1. The Labute approximate surface area is 191 Å². The van der Waals surface area contributed by atoms with Gasteiger partial charge in [-0.1, -0.05) is 51.1 Å². The van der Waals surface area contributed by atoms with Crippen molar-refractivity contribution < 1.29 is 9.84 Å². The zero-order valence-electron chi connectivity index (χ0n) is 19.8. The lowest BCUT2D eigenvalue weighted by atomic mass is 9.86. The first-order valence-corrected chi connectivity index (χ1v) is 11.5. The molecule has 0 radical (unpaired) electrons. The molecule has 0 saturated carbocycles. The quantitative estimate of drug-likeness (QED) is 0.455. The molecule has 1 aromatic carbocycles. The third-order valence-electron chi connectivity index (χ3n) is 5.55. The first-order chi connectivity index (χ1) is 15.4. The molecule has 1 unspecified atom stereocenters. The number of benzene rings is 1. The monoisotopic (exact) mass is 439 g/mol. The number of nitrogens with zero attached hydrogens (tertiary/aromatic N) is 3. The van der Waals surface area contributed by atoms with Gasteiger partial charge < -0.3 is 25.4 Å². The molecule has 1 aliphatic heterocycles. The Balaban J connectivity index is 1.63. The molecular formula is C25H37N5O2. The van der Waals surface area contributed by atoms with Gasteiger partial charge in [0.05, 0.1) is 25.9 Å². The van der Waals surface area contributed by atoms with Crippen LogP contribution >= 0.6 is 0 Å². The van der Waals surface area contributed by atoms with E-state index in [9.17, 15) is 5.11 Å². The fraction of sp³-hybridized carbons (Fsp3) is 0.520. The average Bonchev–Trinajstić information content (AvgIpc) is 2.81. The molecule has 32 heavy (non-hydrogen) atoms. The average molecular weight is 440 g/mol. The predicted molar refractivity (Wildman–Crippen MR) is 130 cm³/mol. The summed E-state index contributed by atoms with van der Waals surface area (Å²) in [4.78, 5) is 11.6. The largest absolute Gasteiger partial charge is 0.387 e. The molecule has 7 nitrogen and oxygen atoms in total. The van der Waals surface area contributed by atoms with Crippen molar-refractivity contribution >= 4 is 11.8 Å². The minimum atomic E-state index is -0.616. The van der Waals surface area contributed by atoms with Crippen LogP contribution in [0.4, 0.5) is 5.82 Å². The van der Waals surface area contributed by atoms with E-state index < -0.39 is 6.10 Å². The van der Waals surface area contributed by atoms with Crippen LogP contribution in [-0.2, 0) is 16.7 Å². The third kappa shape index (κ3) is 6.68. The molecule has 1 aromatic heterocycles. The van der Waals surface area contributed by atoms with Gasteiger partial charge in [0.25, 0.3) is 0 Å². The Hall–Kier alpha value is -2.64. The number of anilines is 1. The molecule has 174 valence electrons. The van der Waals surface area contributed by atoms with Crippen LogP contribution < -0.4 is 15.5 Å². The van der Waals surface area contributed by atoms with Gasteiger partial charge >= 0.3 is 0 Å². The Morgan fingerprint density at radius 3 is 2.53 bits per heavy atom. The van der Waals surface area contributed by atoms with Crippen molar-refractivity contribution in [2.75, 3.05) is 44.3 Å². The van der Waals surface area contributed by atoms with Crippen molar-refractivity contribution in [3.63, 3.8) is 0 Å². The highest BCUT2D eigenvalue weighted by Crippen LogP contribution is 2.24. The van der Waals surface area contributed by atoms with E-state index in [-0.39, 0.29) is 5.41 Å². The SMILES string of the molecule is CCNC(=NCc1cccnc1N1CCOCC1)NCC(O)c1ccc(C(C)(C)C)cc1.